The second kappa shape index (κ2) is 5.85. The molecule has 7 heteroatoms. The molecule has 0 spiro atoms. The molecule has 0 bridgehead atoms. The largest absolute Gasteiger partial charge is 0.341 e. The fourth-order valence-electron chi connectivity index (χ4n) is 2.75. The minimum atomic E-state index is -0.369. The molecule has 1 fully saturated rings. The number of amides is 1. The SMILES string of the molecule is C[C@@H]1CNC[C@H]1C(=O)N(C)Cc1cn(C)c(=O)n(C)c1=O. The molecule has 0 aromatic carbocycles. The Balaban J connectivity index is 2.20. The molecule has 1 N–H and O–H groups in total. The zero-order valence-corrected chi connectivity index (χ0v) is 12.9. The predicted octanol–water partition coefficient (Wildman–Crippen LogP) is -1.10. The predicted molar refractivity (Wildman–Crippen MR) is 78.9 cm³/mol. The maximum absolute atomic E-state index is 12.4. The van der Waals surface area contributed by atoms with Gasteiger partial charge in [-0.2, -0.15) is 0 Å². The first-order valence-electron chi connectivity index (χ1n) is 7.04. The van der Waals surface area contributed by atoms with Crippen LogP contribution < -0.4 is 16.6 Å². The number of rotatable bonds is 3. The summed E-state index contributed by atoms with van der Waals surface area (Å²) >= 11 is 0. The topological polar surface area (TPSA) is 76.3 Å². The van der Waals surface area contributed by atoms with E-state index in [0.717, 1.165) is 11.1 Å². The monoisotopic (exact) mass is 294 g/mol. The molecule has 0 saturated carbocycles. The first-order chi connectivity index (χ1) is 9.82. The van der Waals surface area contributed by atoms with Gasteiger partial charge >= 0.3 is 5.69 Å². The molecule has 2 atom stereocenters. The van der Waals surface area contributed by atoms with E-state index in [4.69, 9.17) is 0 Å². The van der Waals surface area contributed by atoms with Crippen LogP contribution in [0.3, 0.4) is 0 Å². The van der Waals surface area contributed by atoms with Crippen LogP contribution in [0, 0.1) is 11.8 Å². The van der Waals surface area contributed by atoms with Gasteiger partial charge in [0.1, 0.15) is 0 Å². The van der Waals surface area contributed by atoms with Gasteiger partial charge in [0.2, 0.25) is 5.91 Å². The summed E-state index contributed by atoms with van der Waals surface area (Å²) in [7, 11) is 4.73. The number of nitrogens with zero attached hydrogens (tertiary/aromatic N) is 3. The van der Waals surface area contributed by atoms with E-state index in [0.29, 0.717) is 18.0 Å². The first kappa shape index (κ1) is 15.5. The molecule has 2 heterocycles. The lowest BCUT2D eigenvalue weighted by molar-refractivity contribution is -0.135. The van der Waals surface area contributed by atoms with Crippen LogP contribution >= 0.6 is 0 Å². The lowest BCUT2D eigenvalue weighted by atomic mass is 9.97. The minimum Gasteiger partial charge on any atom is -0.341 e. The Morgan fingerprint density at radius 3 is 2.62 bits per heavy atom. The van der Waals surface area contributed by atoms with Gasteiger partial charge in [0.25, 0.3) is 5.56 Å². The van der Waals surface area contributed by atoms with E-state index >= 15 is 0 Å². The highest BCUT2D eigenvalue weighted by atomic mass is 16.2. The van der Waals surface area contributed by atoms with Crippen LogP contribution in [0.4, 0.5) is 0 Å². The van der Waals surface area contributed by atoms with Crippen molar-refractivity contribution in [3.05, 3.63) is 32.6 Å². The Morgan fingerprint density at radius 1 is 1.38 bits per heavy atom. The lowest BCUT2D eigenvalue weighted by Gasteiger charge is -2.23. The number of carbonyl (C=O) groups excluding carboxylic acids is 1. The molecule has 1 amide bonds. The molecule has 2 rings (SSSR count). The van der Waals surface area contributed by atoms with Gasteiger partial charge in [-0.1, -0.05) is 6.92 Å². The standard InChI is InChI=1S/C14H22N4O3/c1-9-5-15-6-11(9)13(20)16(2)7-10-8-17(3)14(21)18(4)12(10)19/h8-9,11,15H,5-7H2,1-4H3/t9-,11-/m1/s1. The molecular formula is C14H22N4O3. The van der Waals surface area contributed by atoms with Crippen molar-refractivity contribution in [2.75, 3.05) is 20.1 Å². The van der Waals surface area contributed by atoms with E-state index in [-0.39, 0.29) is 29.6 Å². The lowest BCUT2D eigenvalue weighted by Crippen LogP contribution is -2.41. The van der Waals surface area contributed by atoms with Crippen LogP contribution in [0.25, 0.3) is 0 Å². The fourth-order valence-corrected chi connectivity index (χ4v) is 2.75. The average Bonchev–Trinajstić information content (AvgIpc) is 2.87. The number of aromatic nitrogens is 2. The third-order valence-corrected chi connectivity index (χ3v) is 4.14. The number of carbonyl (C=O) groups is 1. The summed E-state index contributed by atoms with van der Waals surface area (Å²) in [4.78, 5) is 37.7. The quantitative estimate of drug-likeness (QED) is 0.767. The number of hydrogen-bond donors (Lipinski definition) is 1. The molecular weight excluding hydrogens is 272 g/mol. The Kier molecular flexibility index (Phi) is 4.32. The molecule has 0 unspecified atom stereocenters. The van der Waals surface area contributed by atoms with E-state index in [1.165, 1.54) is 17.8 Å². The normalized spacial score (nSPS) is 21.5. The Bertz CT molecular complexity index is 661. The molecule has 1 aromatic rings. The van der Waals surface area contributed by atoms with Gasteiger partial charge in [0.05, 0.1) is 18.0 Å². The summed E-state index contributed by atoms with van der Waals surface area (Å²) in [5.41, 5.74) is -0.282. The van der Waals surface area contributed by atoms with Gasteiger partial charge < -0.3 is 14.8 Å². The second-order valence-electron chi connectivity index (χ2n) is 5.85. The van der Waals surface area contributed by atoms with E-state index < -0.39 is 0 Å². The molecule has 21 heavy (non-hydrogen) atoms. The zero-order chi connectivity index (χ0) is 15.7. The number of aryl methyl sites for hydroxylation is 1. The van der Waals surface area contributed by atoms with Crippen LogP contribution in [0.15, 0.2) is 15.8 Å². The highest BCUT2D eigenvalue weighted by Crippen LogP contribution is 2.18. The van der Waals surface area contributed by atoms with Gasteiger partial charge in [-0.05, 0) is 12.5 Å². The van der Waals surface area contributed by atoms with Gasteiger partial charge in [0.15, 0.2) is 0 Å². The highest BCUT2D eigenvalue weighted by molar-refractivity contribution is 5.79. The van der Waals surface area contributed by atoms with Gasteiger partial charge in [-0.3, -0.25) is 14.2 Å². The van der Waals surface area contributed by atoms with Crippen molar-refractivity contribution in [2.45, 2.75) is 13.5 Å². The fraction of sp³-hybridized carbons (Fsp3) is 0.643. The maximum atomic E-state index is 12.4. The zero-order valence-electron chi connectivity index (χ0n) is 12.9. The molecule has 0 aliphatic carbocycles. The van der Waals surface area contributed by atoms with Crippen molar-refractivity contribution in [3.8, 4) is 0 Å². The molecule has 0 radical (unpaired) electrons. The smallest absolute Gasteiger partial charge is 0.330 e. The Hall–Kier alpha value is -1.89. The van der Waals surface area contributed by atoms with Crippen LogP contribution in [0.2, 0.25) is 0 Å². The summed E-state index contributed by atoms with van der Waals surface area (Å²) in [5.74, 6) is 0.276. The summed E-state index contributed by atoms with van der Waals surface area (Å²) in [6.07, 6.45) is 1.50. The molecule has 1 aliphatic rings. The van der Waals surface area contributed by atoms with Crippen LogP contribution in [0.1, 0.15) is 12.5 Å². The third-order valence-electron chi connectivity index (χ3n) is 4.14. The van der Waals surface area contributed by atoms with Gasteiger partial charge in [-0.25, -0.2) is 4.79 Å². The van der Waals surface area contributed by atoms with Crippen LogP contribution in [0.5, 0.6) is 0 Å². The minimum absolute atomic E-state index is 0.0309. The van der Waals surface area contributed by atoms with Crippen molar-refractivity contribution < 1.29 is 4.79 Å². The van der Waals surface area contributed by atoms with Crippen molar-refractivity contribution >= 4 is 5.91 Å². The van der Waals surface area contributed by atoms with Crippen molar-refractivity contribution in [2.24, 2.45) is 25.9 Å². The highest BCUT2D eigenvalue weighted by Gasteiger charge is 2.31. The van der Waals surface area contributed by atoms with Crippen LogP contribution in [-0.2, 0) is 25.4 Å². The number of nitrogens with one attached hydrogen (secondary N) is 1. The molecule has 116 valence electrons. The van der Waals surface area contributed by atoms with Crippen LogP contribution in [-0.4, -0.2) is 40.1 Å². The summed E-state index contributed by atoms with van der Waals surface area (Å²) in [6, 6.07) is 0. The molecule has 7 nitrogen and oxygen atoms in total. The molecule has 1 aliphatic heterocycles. The summed E-state index contributed by atoms with van der Waals surface area (Å²) in [6.45, 7) is 3.77. The van der Waals surface area contributed by atoms with Gasteiger partial charge in [0, 0.05) is 33.9 Å². The third kappa shape index (κ3) is 2.92. The maximum Gasteiger partial charge on any atom is 0.330 e. The first-order valence-corrected chi connectivity index (χ1v) is 7.04. The van der Waals surface area contributed by atoms with Crippen molar-refractivity contribution in [1.29, 1.82) is 0 Å². The van der Waals surface area contributed by atoms with E-state index in [9.17, 15) is 14.4 Å². The van der Waals surface area contributed by atoms with E-state index in [1.54, 1.807) is 19.0 Å². The summed E-state index contributed by atoms with van der Waals surface area (Å²) < 4.78 is 2.42. The van der Waals surface area contributed by atoms with E-state index in [1.807, 2.05) is 6.92 Å². The summed E-state index contributed by atoms with van der Waals surface area (Å²) in [5, 5.41) is 3.20. The molecule has 1 saturated heterocycles. The van der Waals surface area contributed by atoms with Crippen molar-refractivity contribution in [1.82, 2.24) is 19.4 Å². The van der Waals surface area contributed by atoms with E-state index in [2.05, 4.69) is 5.32 Å². The Morgan fingerprint density at radius 2 is 2.05 bits per heavy atom. The molecule has 1 aromatic heterocycles. The number of hydrogen-bond acceptors (Lipinski definition) is 4. The average molecular weight is 294 g/mol. The second-order valence-corrected chi connectivity index (χ2v) is 5.85. The Labute approximate surface area is 123 Å². The van der Waals surface area contributed by atoms with Crippen molar-refractivity contribution in [3.63, 3.8) is 0 Å². The van der Waals surface area contributed by atoms with Gasteiger partial charge in [-0.15, -0.1) is 0 Å².